The van der Waals surface area contributed by atoms with Gasteiger partial charge < -0.3 is 20.3 Å². The quantitative estimate of drug-likeness (QED) is 0.279. The van der Waals surface area contributed by atoms with Crippen molar-refractivity contribution < 1.29 is 4.74 Å². The molecule has 0 amide bonds. The Hall–Kier alpha value is -2.26. The highest BCUT2D eigenvalue weighted by Crippen LogP contribution is 2.33. The molecular formula is C23H27ClIN5O. The van der Waals surface area contributed by atoms with Crippen LogP contribution >= 0.6 is 35.6 Å². The van der Waals surface area contributed by atoms with Gasteiger partial charge in [-0.05, 0) is 36.2 Å². The summed E-state index contributed by atoms with van der Waals surface area (Å²) in [4.78, 5) is 11.2. The van der Waals surface area contributed by atoms with E-state index in [-0.39, 0.29) is 30.0 Å². The van der Waals surface area contributed by atoms with Gasteiger partial charge in [0.2, 0.25) is 0 Å². The number of methoxy groups -OCH3 is 1. The third kappa shape index (κ3) is 5.51. The fraction of sp³-hybridized carbons (Fsp3) is 0.304. The molecule has 2 heterocycles. The van der Waals surface area contributed by atoms with Gasteiger partial charge in [0.1, 0.15) is 5.75 Å². The molecular weight excluding hydrogens is 525 g/mol. The van der Waals surface area contributed by atoms with Gasteiger partial charge in [-0.25, -0.2) is 0 Å². The van der Waals surface area contributed by atoms with E-state index in [0.29, 0.717) is 11.6 Å². The molecule has 1 saturated heterocycles. The lowest BCUT2D eigenvalue weighted by Crippen LogP contribution is -2.44. The van der Waals surface area contributed by atoms with Crippen LogP contribution in [0.4, 0.5) is 5.69 Å². The maximum Gasteiger partial charge on any atom is 0.191 e. The summed E-state index contributed by atoms with van der Waals surface area (Å²) in [6, 6.07) is 16.3. The van der Waals surface area contributed by atoms with Crippen LogP contribution in [0.15, 0.2) is 59.7 Å². The summed E-state index contributed by atoms with van der Waals surface area (Å²) in [6.45, 7) is 2.44. The SMILES string of the molecule is CN=C(NCc1cccc2cccnc12)NC1CCN(c2cc(Cl)ccc2OC)C1.I. The molecule has 1 aliphatic rings. The number of fused-ring (bicyclic) bond motifs is 1. The molecule has 3 aromatic rings. The number of anilines is 1. The molecule has 31 heavy (non-hydrogen) atoms. The van der Waals surface area contributed by atoms with Crippen molar-refractivity contribution >= 4 is 58.1 Å². The largest absolute Gasteiger partial charge is 0.495 e. The fourth-order valence-corrected chi connectivity index (χ4v) is 4.05. The van der Waals surface area contributed by atoms with Crippen molar-refractivity contribution in [3.05, 3.63) is 65.3 Å². The molecule has 0 spiro atoms. The Bertz CT molecular complexity index is 1060. The minimum atomic E-state index is 0. The van der Waals surface area contributed by atoms with Gasteiger partial charge in [0, 0.05) is 49.3 Å². The number of rotatable bonds is 5. The van der Waals surface area contributed by atoms with E-state index in [4.69, 9.17) is 16.3 Å². The van der Waals surface area contributed by atoms with Crippen molar-refractivity contribution in [1.29, 1.82) is 0 Å². The van der Waals surface area contributed by atoms with Crippen LogP contribution in [0.1, 0.15) is 12.0 Å². The number of hydrogen-bond donors (Lipinski definition) is 2. The van der Waals surface area contributed by atoms with Crippen molar-refractivity contribution in [3.8, 4) is 5.75 Å². The van der Waals surface area contributed by atoms with Gasteiger partial charge in [-0.1, -0.05) is 35.9 Å². The Labute approximate surface area is 205 Å². The lowest BCUT2D eigenvalue weighted by molar-refractivity contribution is 0.415. The zero-order valence-electron chi connectivity index (χ0n) is 17.6. The minimum Gasteiger partial charge on any atom is -0.495 e. The molecule has 164 valence electrons. The van der Waals surface area contributed by atoms with E-state index in [9.17, 15) is 0 Å². The second-order valence-electron chi connectivity index (χ2n) is 7.31. The molecule has 0 saturated carbocycles. The van der Waals surface area contributed by atoms with Crippen LogP contribution in [-0.2, 0) is 6.54 Å². The molecule has 2 aromatic carbocycles. The Balaban J connectivity index is 0.00000272. The number of aromatic nitrogens is 1. The molecule has 1 unspecified atom stereocenters. The van der Waals surface area contributed by atoms with Crippen molar-refractivity contribution in [3.63, 3.8) is 0 Å². The van der Waals surface area contributed by atoms with E-state index in [1.807, 2.05) is 30.5 Å². The number of para-hydroxylation sites is 1. The summed E-state index contributed by atoms with van der Waals surface area (Å²) >= 11 is 6.20. The van der Waals surface area contributed by atoms with E-state index in [0.717, 1.165) is 53.4 Å². The fourth-order valence-electron chi connectivity index (χ4n) is 3.88. The maximum absolute atomic E-state index is 6.20. The van der Waals surface area contributed by atoms with E-state index < -0.39 is 0 Å². The first-order chi connectivity index (χ1) is 14.7. The molecule has 1 aliphatic heterocycles. The molecule has 8 heteroatoms. The second kappa shape index (κ2) is 10.9. The zero-order chi connectivity index (χ0) is 20.9. The number of pyridine rings is 1. The average Bonchev–Trinajstić information content (AvgIpc) is 3.25. The predicted molar refractivity (Wildman–Crippen MR) is 139 cm³/mol. The molecule has 4 rings (SSSR count). The number of aliphatic imine (C=N–C) groups is 1. The first-order valence-corrected chi connectivity index (χ1v) is 10.4. The lowest BCUT2D eigenvalue weighted by Gasteiger charge is -2.22. The van der Waals surface area contributed by atoms with Gasteiger partial charge in [0.25, 0.3) is 0 Å². The summed E-state index contributed by atoms with van der Waals surface area (Å²) < 4.78 is 5.51. The summed E-state index contributed by atoms with van der Waals surface area (Å²) in [5, 5.41) is 8.82. The van der Waals surface area contributed by atoms with Crippen molar-refractivity contribution in [2.24, 2.45) is 4.99 Å². The van der Waals surface area contributed by atoms with Crippen molar-refractivity contribution in [2.45, 2.75) is 19.0 Å². The zero-order valence-corrected chi connectivity index (χ0v) is 20.7. The van der Waals surface area contributed by atoms with Crippen LogP contribution in [0.25, 0.3) is 10.9 Å². The van der Waals surface area contributed by atoms with Crippen LogP contribution in [0.2, 0.25) is 5.02 Å². The summed E-state index contributed by atoms with van der Waals surface area (Å²) in [6.07, 6.45) is 2.84. The molecule has 0 bridgehead atoms. The highest BCUT2D eigenvalue weighted by atomic mass is 127. The van der Waals surface area contributed by atoms with Gasteiger partial charge in [-0.3, -0.25) is 9.98 Å². The number of guanidine groups is 1. The maximum atomic E-state index is 6.20. The molecule has 1 atom stereocenters. The van der Waals surface area contributed by atoms with Crippen LogP contribution in [-0.4, -0.2) is 44.2 Å². The molecule has 1 aromatic heterocycles. The topological polar surface area (TPSA) is 61.8 Å². The van der Waals surface area contributed by atoms with Crippen LogP contribution in [0.5, 0.6) is 5.75 Å². The Morgan fingerprint density at radius 3 is 2.90 bits per heavy atom. The first kappa shape index (κ1) is 23.4. The lowest BCUT2D eigenvalue weighted by atomic mass is 10.1. The van der Waals surface area contributed by atoms with Gasteiger partial charge in [0.05, 0.1) is 18.3 Å². The van der Waals surface area contributed by atoms with Gasteiger partial charge in [-0.15, -0.1) is 24.0 Å². The molecule has 2 N–H and O–H groups in total. The Morgan fingerprint density at radius 2 is 2.10 bits per heavy atom. The first-order valence-electron chi connectivity index (χ1n) is 10.1. The number of nitrogens with one attached hydrogen (secondary N) is 2. The highest BCUT2D eigenvalue weighted by molar-refractivity contribution is 14.0. The normalized spacial score (nSPS) is 16.2. The summed E-state index contributed by atoms with van der Waals surface area (Å²) in [7, 11) is 3.48. The van der Waals surface area contributed by atoms with Crippen LogP contribution in [0, 0.1) is 0 Å². The Kier molecular flexibility index (Phi) is 8.20. The van der Waals surface area contributed by atoms with Gasteiger partial charge in [0.15, 0.2) is 5.96 Å². The predicted octanol–water partition coefficient (Wildman–Crippen LogP) is 4.46. The second-order valence-corrected chi connectivity index (χ2v) is 7.75. The van der Waals surface area contributed by atoms with Crippen molar-refractivity contribution in [1.82, 2.24) is 15.6 Å². The standard InChI is InChI=1S/C23H26ClN5O.HI/c1-25-23(27-14-17-6-3-5-16-7-4-11-26-22(16)17)28-19-10-12-29(15-19)20-13-18(24)8-9-21(20)30-2;/h3-9,11,13,19H,10,12,14-15H2,1-2H3,(H2,25,27,28);1H. The van der Waals surface area contributed by atoms with Crippen LogP contribution in [0.3, 0.4) is 0 Å². The molecule has 1 fully saturated rings. The number of nitrogens with zero attached hydrogens (tertiary/aromatic N) is 3. The van der Waals surface area contributed by atoms with E-state index in [1.165, 1.54) is 0 Å². The molecule has 0 radical (unpaired) electrons. The number of ether oxygens (including phenoxy) is 1. The number of hydrogen-bond acceptors (Lipinski definition) is 4. The van der Waals surface area contributed by atoms with Gasteiger partial charge in [-0.2, -0.15) is 0 Å². The smallest absolute Gasteiger partial charge is 0.191 e. The third-order valence-corrected chi connectivity index (χ3v) is 5.63. The summed E-state index contributed by atoms with van der Waals surface area (Å²) in [5.74, 6) is 1.62. The average molecular weight is 552 g/mol. The third-order valence-electron chi connectivity index (χ3n) is 5.40. The number of halogens is 2. The molecule has 6 nitrogen and oxygen atoms in total. The number of benzene rings is 2. The van der Waals surface area contributed by atoms with Crippen LogP contribution < -0.4 is 20.3 Å². The van der Waals surface area contributed by atoms with E-state index in [1.54, 1.807) is 14.2 Å². The van der Waals surface area contributed by atoms with E-state index in [2.05, 4.69) is 49.8 Å². The highest BCUT2D eigenvalue weighted by Gasteiger charge is 2.25. The Morgan fingerprint density at radius 1 is 1.26 bits per heavy atom. The van der Waals surface area contributed by atoms with E-state index >= 15 is 0 Å². The summed E-state index contributed by atoms with van der Waals surface area (Å²) in [5.41, 5.74) is 3.19. The van der Waals surface area contributed by atoms with Gasteiger partial charge >= 0.3 is 0 Å². The van der Waals surface area contributed by atoms with Crippen molar-refractivity contribution in [2.75, 3.05) is 32.1 Å². The monoisotopic (exact) mass is 551 g/mol. The molecule has 0 aliphatic carbocycles. The minimum absolute atomic E-state index is 0.